The molecular weight excluding hydrogens is 354 g/mol. The van der Waals surface area contributed by atoms with E-state index in [0.717, 1.165) is 16.7 Å². The third-order valence-electron chi connectivity index (χ3n) is 3.34. The molecule has 1 fully saturated rings. The molecular formula is C16H16ClNO5S. The molecule has 1 heterocycles. The van der Waals surface area contributed by atoms with Crippen LogP contribution < -0.4 is 0 Å². The maximum atomic E-state index is 12.3. The fourth-order valence-electron chi connectivity index (χ4n) is 1.87. The minimum Gasteiger partial charge on any atom is -0.506 e. The minimum atomic E-state index is -0.624. The number of hydrogen-bond acceptors (Lipinski definition) is 6. The summed E-state index contributed by atoms with van der Waals surface area (Å²) < 4.78 is 5.08. The molecule has 0 aromatic heterocycles. The zero-order chi connectivity index (χ0) is 17.9. The van der Waals surface area contributed by atoms with Gasteiger partial charge in [0.2, 0.25) is 0 Å². The van der Waals surface area contributed by atoms with Gasteiger partial charge in [0, 0.05) is 0 Å². The molecule has 8 heteroatoms. The van der Waals surface area contributed by atoms with Gasteiger partial charge in [-0.1, -0.05) is 24.6 Å². The number of esters is 1. The molecule has 0 radical (unpaired) electrons. The molecule has 1 aliphatic rings. The highest BCUT2D eigenvalue weighted by molar-refractivity contribution is 8.18. The highest BCUT2D eigenvalue weighted by Crippen LogP contribution is 2.33. The number of halogens is 1. The van der Waals surface area contributed by atoms with Crippen molar-refractivity contribution in [2.45, 2.75) is 26.4 Å². The SMILES string of the molecule is CC[C@@H](C)OC(=O)CN1C(=O)S/C(=C/c2ccc(O)c(Cl)c2)C1=O. The number of nitrogens with zero attached hydrogens (tertiary/aromatic N) is 1. The zero-order valence-electron chi connectivity index (χ0n) is 13.1. The predicted octanol–water partition coefficient (Wildman–Crippen LogP) is 3.42. The summed E-state index contributed by atoms with van der Waals surface area (Å²) in [7, 11) is 0. The molecule has 0 aliphatic carbocycles. The first-order chi connectivity index (χ1) is 11.3. The Hall–Kier alpha value is -1.99. The molecule has 6 nitrogen and oxygen atoms in total. The van der Waals surface area contributed by atoms with Crippen LogP contribution in [0.15, 0.2) is 23.1 Å². The van der Waals surface area contributed by atoms with E-state index in [9.17, 15) is 19.5 Å². The lowest BCUT2D eigenvalue weighted by Crippen LogP contribution is -2.35. The van der Waals surface area contributed by atoms with Gasteiger partial charge in [-0.15, -0.1) is 0 Å². The molecule has 2 amide bonds. The summed E-state index contributed by atoms with van der Waals surface area (Å²) in [5.41, 5.74) is 0.561. The molecule has 1 aromatic rings. The average molecular weight is 370 g/mol. The van der Waals surface area contributed by atoms with Crippen LogP contribution in [0, 0.1) is 0 Å². The van der Waals surface area contributed by atoms with Crippen molar-refractivity contribution in [3.8, 4) is 5.75 Å². The van der Waals surface area contributed by atoms with Crippen molar-refractivity contribution in [1.29, 1.82) is 0 Å². The summed E-state index contributed by atoms with van der Waals surface area (Å²) in [5.74, 6) is -1.26. The third kappa shape index (κ3) is 4.30. The molecule has 1 aliphatic heterocycles. The first-order valence-electron chi connectivity index (χ1n) is 7.25. The van der Waals surface area contributed by atoms with Crippen molar-refractivity contribution in [1.82, 2.24) is 4.90 Å². The number of carbonyl (C=O) groups excluding carboxylic acids is 3. The molecule has 0 unspecified atom stereocenters. The van der Waals surface area contributed by atoms with Gasteiger partial charge in [0.25, 0.3) is 11.1 Å². The van der Waals surface area contributed by atoms with Crippen LogP contribution in [0.2, 0.25) is 5.02 Å². The number of thioether (sulfide) groups is 1. The molecule has 1 N–H and O–H groups in total. The fraction of sp³-hybridized carbons (Fsp3) is 0.312. The van der Waals surface area contributed by atoms with Crippen molar-refractivity contribution in [2.24, 2.45) is 0 Å². The number of aromatic hydroxyl groups is 1. The van der Waals surface area contributed by atoms with Crippen LogP contribution in [0.4, 0.5) is 4.79 Å². The van der Waals surface area contributed by atoms with Crippen LogP contribution in [0.5, 0.6) is 5.75 Å². The van der Waals surface area contributed by atoms with Gasteiger partial charge in [0.15, 0.2) is 0 Å². The van der Waals surface area contributed by atoms with E-state index in [1.54, 1.807) is 13.0 Å². The summed E-state index contributed by atoms with van der Waals surface area (Å²) >= 11 is 6.55. The molecule has 0 spiro atoms. The predicted molar refractivity (Wildman–Crippen MR) is 91.6 cm³/mol. The van der Waals surface area contributed by atoms with Crippen molar-refractivity contribution in [3.63, 3.8) is 0 Å². The van der Waals surface area contributed by atoms with Crippen molar-refractivity contribution in [3.05, 3.63) is 33.7 Å². The van der Waals surface area contributed by atoms with Gasteiger partial charge in [-0.2, -0.15) is 0 Å². The van der Waals surface area contributed by atoms with Crippen LogP contribution in [-0.4, -0.2) is 39.8 Å². The standard InChI is InChI=1S/C16H16ClNO5S/c1-3-9(2)23-14(20)8-18-15(21)13(24-16(18)22)7-10-4-5-12(19)11(17)6-10/h4-7,9,19H,3,8H2,1-2H3/b13-7+/t9-/m1/s1. The van der Waals surface area contributed by atoms with Crippen molar-refractivity contribution < 1.29 is 24.2 Å². The Bertz CT molecular complexity index is 718. The Morgan fingerprint density at radius 2 is 2.17 bits per heavy atom. The fourth-order valence-corrected chi connectivity index (χ4v) is 2.90. The largest absolute Gasteiger partial charge is 0.506 e. The van der Waals surface area contributed by atoms with Crippen molar-refractivity contribution in [2.75, 3.05) is 6.54 Å². The van der Waals surface area contributed by atoms with Crippen LogP contribution in [0.25, 0.3) is 6.08 Å². The van der Waals surface area contributed by atoms with E-state index in [1.165, 1.54) is 18.2 Å². The van der Waals surface area contributed by atoms with Gasteiger partial charge in [-0.3, -0.25) is 19.3 Å². The van der Waals surface area contributed by atoms with E-state index in [2.05, 4.69) is 0 Å². The Morgan fingerprint density at radius 1 is 1.46 bits per heavy atom. The Morgan fingerprint density at radius 3 is 2.79 bits per heavy atom. The number of amides is 2. The second kappa shape index (κ2) is 7.72. The lowest BCUT2D eigenvalue weighted by Gasteiger charge is -2.14. The maximum Gasteiger partial charge on any atom is 0.326 e. The molecule has 24 heavy (non-hydrogen) atoms. The maximum absolute atomic E-state index is 12.3. The first kappa shape index (κ1) is 18.4. The Kier molecular flexibility index (Phi) is 5.90. The normalized spacial score (nSPS) is 17.5. The second-order valence-electron chi connectivity index (χ2n) is 5.19. The van der Waals surface area contributed by atoms with Gasteiger partial charge in [-0.05, 0) is 48.9 Å². The molecule has 1 saturated heterocycles. The van der Waals surface area contributed by atoms with Crippen LogP contribution in [0.1, 0.15) is 25.8 Å². The summed E-state index contributed by atoms with van der Waals surface area (Å²) in [6.45, 7) is 3.19. The average Bonchev–Trinajstić information content (AvgIpc) is 2.78. The van der Waals surface area contributed by atoms with Crippen LogP contribution in [-0.2, 0) is 14.3 Å². The Balaban J connectivity index is 2.11. The van der Waals surface area contributed by atoms with Gasteiger partial charge < -0.3 is 9.84 Å². The first-order valence-corrected chi connectivity index (χ1v) is 8.44. The number of imide groups is 1. The number of carbonyl (C=O) groups is 3. The highest BCUT2D eigenvalue weighted by atomic mass is 35.5. The van der Waals surface area contributed by atoms with E-state index in [1.807, 2.05) is 6.92 Å². The number of phenols is 1. The van der Waals surface area contributed by atoms with E-state index >= 15 is 0 Å². The monoisotopic (exact) mass is 369 g/mol. The van der Waals surface area contributed by atoms with E-state index in [-0.39, 0.29) is 21.8 Å². The van der Waals surface area contributed by atoms with Gasteiger partial charge in [0.1, 0.15) is 12.3 Å². The number of hydrogen-bond donors (Lipinski definition) is 1. The quantitative estimate of drug-likeness (QED) is 0.632. The van der Waals surface area contributed by atoms with E-state index in [0.29, 0.717) is 12.0 Å². The van der Waals surface area contributed by atoms with Gasteiger partial charge >= 0.3 is 5.97 Å². The number of ether oxygens (including phenoxy) is 1. The molecule has 0 saturated carbocycles. The highest BCUT2D eigenvalue weighted by Gasteiger charge is 2.36. The lowest BCUT2D eigenvalue weighted by molar-refractivity contribution is -0.150. The molecule has 1 atom stereocenters. The minimum absolute atomic E-state index is 0.0743. The molecule has 2 rings (SSSR count). The summed E-state index contributed by atoms with van der Waals surface area (Å²) in [6.07, 6.45) is 1.86. The number of rotatable bonds is 5. The van der Waals surface area contributed by atoms with Gasteiger partial charge in [0.05, 0.1) is 16.0 Å². The molecule has 0 bridgehead atoms. The van der Waals surface area contributed by atoms with Crippen LogP contribution >= 0.6 is 23.4 Å². The summed E-state index contributed by atoms with van der Waals surface area (Å²) in [6, 6.07) is 4.43. The van der Waals surface area contributed by atoms with E-state index in [4.69, 9.17) is 16.3 Å². The second-order valence-corrected chi connectivity index (χ2v) is 6.59. The summed E-state index contributed by atoms with van der Waals surface area (Å²) in [4.78, 5) is 37.0. The van der Waals surface area contributed by atoms with Crippen LogP contribution in [0.3, 0.4) is 0 Å². The number of phenolic OH excluding ortho intramolecular Hbond substituents is 1. The number of benzene rings is 1. The van der Waals surface area contributed by atoms with Crippen molar-refractivity contribution >= 4 is 46.6 Å². The molecule has 1 aromatic carbocycles. The smallest absolute Gasteiger partial charge is 0.326 e. The zero-order valence-corrected chi connectivity index (χ0v) is 14.7. The topological polar surface area (TPSA) is 83.9 Å². The summed E-state index contributed by atoms with van der Waals surface area (Å²) in [5, 5.41) is 9.00. The molecule has 128 valence electrons. The van der Waals surface area contributed by atoms with E-state index < -0.39 is 23.7 Å². The third-order valence-corrected chi connectivity index (χ3v) is 4.55. The Labute approximate surface area is 148 Å². The lowest BCUT2D eigenvalue weighted by atomic mass is 10.2. The van der Waals surface area contributed by atoms with Gasteiger partial charge in [-0.25, -0.2) is 0 Å².